The Balaban J connectivity index is 1.50. The van der Waals surface area contributed by atoms with E-state index in [2.05, 4.69) is 21.3 Å². The van der Waals surface area contributed by atoms with Crippen molar-refractivity contribution in [3.05, 3.63) is 71.7 Å². The Morgan fingerprint density at radius 3 is 2.68 bits per heavy atom. The summed E-state index contributed by atoms with van der Waals surface area (Å²) in [6, 6.07) is 16.1. The van der Waals surface area contributed by atoms with Gasteiger partial charge in [-0.15, -0.1) is 0 Å². The molecule has 5 heteroatoms. The number of benzene rings is 2. The molecule has 0 fully saturated rings. The smallest absolute Gasteiger partial charge is 0.224 e. The van der Waals surface area contributed by atoms with Crippen LogP contribution in [0.4, 0.5) is 5.69 Å². The highest BCUT2D eigenvalue weighted by atomic mass is 16.4. The number of anilines is 1. The fourth-order valence-electron chi connectivity index (χ4n) is 3.18. The number of aromatic nitrogens is 1. The number of nitrogens with zero attached hydrogens (tertiary/aromatic N) is 2. The normalized spacial score (nSPS) is 11.0. The molecule has 0 bridgehead atoms. The van der Waals surface area contributed by atoms with E-state index in [-0.39, 0.29) is 5.91 Å². The summed E-state index contributed by atoms with van der Waals surface area (Å²) in [5, 5.41) is 3.01. The highest BCUT2D eigenvalue weighted by Crippen LogP contribution is 2.21. The van der Waals surface area contributed by atoms with Gasteiger partial charge in [0, 0.05) is 30.6 Å². The molecule has 0 radical (unpaired) electrons. The van der Waals surface area contributed by atoms with Crippen LogP contribution in [-0.4, -0.2) is 29.9 Å². The zero-order valence-corrected chi connectivity index (χ0v) is 16.7. The molecule has 0 saturated heterocycles. The molecule has 3 rings (SSSR count). The van der Waals surface area contributed by atoms with Crippen molar-refractivity contribution in [3.63, 3.8) is 0 Å². The predicted molar refractivity (Wildman–Crippen MR) is 112 cm³/mol. The first-order chi connectivity index (χ1) is 13.5. The Morgan fingerprint density at radius 1 is 1.14 bits per heavy atom. The molecule has 0 unspecified atom stereocenters. The lowest BCUT2D eigenvalue weighted by molar-refractivity contribution is -0.116. The monoisotopic (exact) mass is 377 g/mol. The highest BCUT2D eigenvalue weighted by molar-refractivity contribution is 5.90. The number of aryl methyl sites for hydroxylation is 2. The first-order valence-electron chi connectivity index (χ1n) is 9.55. The van der Waals surface area contributed by atoms with Gasteiger partial charge >= 0.3 is 0 Å². The predicted octanol–water partition coefficient (Wildman–Crippen LogP) is 4.67. The van der Waals surface area contributed by atoms with E-state index in [9.17, 15) is 4.79 Å². The third kappa shape index (κ3) is 5.79. The Labute approximate surface area is 166 Å². The lowest BCUT2D eigenvalue weighted by Crippen LogP contribution is -2.14. The summed E-state index contributed by atoms with van der Waals surface area (Å²) in [5.41, 5.74) is 4.19. The van der Waals surface area contributed by atoms with Gasteiger partial charge in [-0.3, -0.25) is 4.79 Å². The van der Waals surface area contributed by atoms with Crippen LogP contribution in [0.2, 0.25) is 0 Å². The number of nitrogens with one attached hydrogen (secondary N) is 1. The van der Waals surface area contributed by atoms with Gasteiger partial charge in [0.15, 0.2) is 11.7 Å². The molecule has 2 aromatic carbocycles. The summed E-state index contributed by atoms with van der Waals surface area (Å²) in [4.78, 5) is 18.7. The zero-order valence-electron chi connectivity index (χ0n) is 16.7. The van der Waals surface area contributed by atoms with Gasteiger partial charge in [0.25, 0.3) is 0 Å². The lowest BCUT2D eigenvalue weighted by atomic mass is 10.1. The van der Waals surface area contributed by atoms with E-state index in [1.807, 2.05) is 63.5 Å². The highest BCUT2D eigenvalue weighted by Gasteiger charge is 2.09. The third-order valence-electron chi connectivity index (χ3n) is 4.33. The fourth-order valence-corrected chi connectivity index (χ4v) is 3.18. The van der Waals surface area contributed by atoms with Crippen LogP contribution in [0.25, 0.3) is 11.3 Å². The number of hydrogen-bond donors (Lipinski definition) is 1. The minimum Gasteiger partial charge on any atom is -0.441 e. The number of carbonyl (C=O) groups is 1. The number of carbonyl (C=O) groups excluding carboxylic acids is 1. The number of hydrogen-bond acceptors (Lipinski definition) is 4. The van der Waals surface area contributed by atoms with Gasteiger partial charge in [0.1, 0.15) is 0 Å². The molecule has 1 heterocycles. The van der Waals surface area contributed by atoms with Crippen molar-refractivity contribution in [2.24, 2.45) is 0 Å². The van der Waals surface area contributed by atoms with Crippen LogP contribution in [0.1, 0.15) is 29.9 Å². The summed E-state index contributed by atoms with van der Waals surface area (Å²) in [6.07, 6.45) is 3.50. The quantitative estimate of drug-likeness (QED) is 0.620. The Morgan fingerprint density at radius 2 is 1.93 bits per heavy atom. The summed E-state index contributed by atoms with van der Waals surface area (Å²) in [5.74, 6) is 1.43. The molecule has 0 atom stereocenters. The van der Waals surface area contributed by atoms with Crippen molar-refractivity contribution >= 4 is 11.6 Å². The van der Waals surface area contributed by atoms with Crippen molar-refractivity contribution in [1.82, 2.24) is 9.88 Å². The van der Waals surface area contributed by atoms with Crippen molar-refractivity contribution in [2.45, 2.75) is 32.7 Å². The molecule has 0 aliphatic rings. The molecule has 28 heavy (non-hydrogen) atoms. The van der Waals surface area contributed by atoms with E-state index < -0.39 is 0 Å². The number of rotatable bonds is 8. The van der Waals surface area contributed by atoms with Crippen molar-refractivity contribution in [2.75, 3.05) is 19.4 Å². The maximum absolute atomic E-state index is 12.3. The van der Waals surface area contributed by atoms with E-state index in [1.165, 1.54) is 5.56 Å². The van der Waals surface area contributed by atoms with E-state index in [1.54, 1.807) is 6.20 Å². The van der Waals surface area contributed by atoms with Gasteiger partial charge in [0.2, 0.25) is 5.91 Å². The van der Waals surface area contributed by atoms with E-state index in [0.29, 0.717) is 25.2 Å². The molecular formula is C23H27N3O2. The fraction of sp³-hybridized carbons (Fsp3) is 0.304. The van der Waals surface area contributed by atoms with Gasteiger partial charge in [-0.05, 0) is 50.7 Å². The summed E-state index contributed by atoms with van der Waals surface area (Å²) >= 11 is 0. The molecule has 0 aliphatic carbocycles. The molecular weight excluding hydrogens is 350 g/mol. The van der Waals surface area contributed by atoms with Crippen LogP contribution >= 0.6 is 0 Å². The topological polar surface area (TPSA) is 58.4 Å². The molecule has 3 aromatic rings. The summed E-state index contributed by atoms with van der Waals surface area (Å²) < 4.78 is 5.79. The second kappa shape index (κ2) is 9.33. The number of amides is 1. The van der Waals surface area contributed by atoms with E-state index >= 15 is 0 Å². The molecule has 1 N–H and O–H groups in total. The van der Waals surface area contributed by atoms with Gasteiger partial charge in [-0.2, -0.15) is 0 Å². The van der Waals surface area contributed by atoms with Gasteiger partial charge < -0.3 is 14.6 Å². The molecule has 1 aromatic heterocycles. The van der Waals surface area contributed by atoms with Crippen LogP contribution in [0.5, 0.6) is 0 Å². The van der Waals surface area contributed by atoms with Crippen LogP contribution in [0, 0.1) is 6.92 Å². The average Bonchev–Trinajstić information content (AvgIpc) is 3.10. The molecule has 0 aliphatic heterocycles. The van der Waals surface area contributed by atoms with Gasteiger partial charge in [0.05, 0.1) is 6.20 Å². The van der Waals surface area contributed by atoms with E-state index in [0.717, 1.165) is 29.1 Å². The standard InChI is InChI=1S/C23H27N3O2/c1-17-12-18(16-26(2)3)14-20(13-17)25-22(27)10-7-11-23-24-15-21(28-23)19-8-5-4-6-9-19/h4-6,8-9,12-15H,7,10-11,16H2,1-3H3,(H,25,27). The first-order valence-corrected chi connectivity index (χ1v) is 9.55. The summed E-state index contributed by atoms with van der Waals surface area (Å²) in [6.45, 7) is 2.89. The van der Waals surface area contributed by atoms with E-state index in [4.69, 9.17) is 4.42 Å². The Hall–Kier alpha value is -2.92. The third-order valence-corrected chi connectivity index (χ3v) is 4.33. The minimum absolute atomic E-state index is 0.0104. The largest absolute Gasteiger partial charge is 0.441 e. The Bertz CT molecular complexity index is 917. The molecule has 0 spiro atoms. The second-order valence-electron chi connectivity index (χ2n) is 7.33. The lowest BCUT2D eigenvalue weighted by Gasteiger charge is -2.13. The number of oxazole rings is 1. The van der Waals surface area contributed by atoms with Crippen LogP contribution in [0.15, 0.2) is 59.1 Å². The maximum atomic E-state index is 12.3. The van der Waals surface area contributed by atoms with Crippen molar-refractivity contribution in [3.8, 4) is 11.3 Å². The second-order valence-corrected chi connectivity index (χ2v) is 7.33. The molecule has 0 saturated carbocycles. The molecule has 1 amide bonds. The average molecular weight is 377 g/mol. The van der Waals surface area contributed by atoms with Gasteiger partial charge in [-0.1, -0.05) is 36.4 Å². The Kier molecular flexibility index (Phi) is 6.61. The van der Waals surface area contributed by atoms with Crippen LogP contribution in [-0.2, 0) is 17.8 Å². The zero-order chi connectivity index (χ0) is 19.9. The molecule has 146 valence electrons. The van der Waals surface area contributed by atoms with Crippen molar-refractivity contribution in [1.29, 1.82) is 0 Å². The van der Waals surface area contributed by atoms with Crippen molar-refractivity contribution < 1.29 is 9.21 Å². The van der Waals surface area contributed by atoms with Gasteiger partial charge in [-0.25, -0.2) is 4.98 Å². The summed E-state index contributed by atoms with van der Waals surface area (Å²) in [7, 11) is 4.07. The maximum Gasteiger partial charge on any atom is 0.224 e. The molecule has 5 nitrogen and oxygen atoms in total. The first kappa shape index (κ1) is 19.8. The SMILES string of the molecule is Cc1cc(CN(C)C)cc(NC(=O)CCCc2ncc(-c3ccccc3)o2)c1. The van der Waals surface area contributed by atoms with Crippen LogP contribution in [0.3, 0.4) is 0 Å². The van der Waals surface area contributed by atoms with Crippen LogP contribution < -0.4 is 5.32 Å². The minimum atomic E-state index is 0.0104.